The van der Waals surface area contributed by atoms with Crippen molar-refractivity contribution in [2.75, 3.05) is 58.5 Å². The number of hydrogen-bond donors (Lipinski definition) is 1. The van der Waals surface area contributed by atoms with Gasteiger partial charge in [0.05, 0.1) is 31.6 Å². The number of anilines is 1. The van der Waals surface area contributed by atoms with E-state index in [0.717, 1.165) is 19.6 Å². The Hall–Kier alpha value is -3.98. The highest BCUT2D eigenvalue weighted by Gasteiger charge is 2.17. The van der Waals surface area contributed by atoms with Crippen LogP contribution in [-0.4, -0.2) is 64.0 Å². The molecular weight excluding hydrogens is 434 g/mol. The van der Waals surface area contributed by atoms with Gasteiger partial charge in [0.2, 0.25) is 11.7 Å². The maximum atomic E-state index is 12.5. The number of benzene rings is 2. The predicted molar refractivity (Wildman–Crippen MR) is 129 cm³/mol. The molecule has 1 amide bonds. The molecule has 34 heavy (non-hydrogen) atoms. The van der Waals surface area contributed by atoms with Gasteiger partial charge in [-0.25, -0.2) is 0 Å². The number of amides is 1. The van der Waals surface area contributed by atoms with Gasteiger partial charge < -0.3 is 24.3 Å². The molecule has 0 bridgehead atoms. The molecule has 3 rings (SSSR count). The molecule has 0 aliphatic carbocycles. The first kappa shape index (κ1) is 24.7. The van der Waals surface area contributed by atoms with Gasteiger partial charge in [0.15, 0.2) is 11.5 Å². The van der Waals surface area contributed by atoms with Crippen LogP contribution in [0.3, 0.4) is 0 Å². The minimum Gasteiger partial charge on any atom is -0.490 e. The van der Waals surface area contributed by atoms with Crippen molar-refractivity contribution in [1.29, 1.82) is 5.26 Å². The molecule has 2 aromatic rings. The Morgan fingerprint density at radius 1 is 1.21 bits per heavy atom. The Kier molecular flexibility index (Phi) is 9.36. The number of carbonyl (C=O) groups excluding carboxylic acids is 1. The van der Waals surface area contributed by atoms with Crippen LogP contribution in [0.1, 0.15) is 11.1 Å². The van der Waals surface area contributed by atoms with Crippen molar-refractivity contribution < 1.29 is 23.7 Å². The standard InChI is InChI=1S/C26H27N3O5/c1-3-15-33-23-10-8-20(9-11-24(30)28-22-7-5-4-6-21(22)19-27)25(26(23)31-2)34-18-14-29-12-16-32-17-13-29/h1,4-11H,12-18H2,2H3,(H,28,30)/b11-9+. The van der Waals surface area contributed by atoms with E-state index in [-0.39, 0.29) is 12.5 Å². The van der Waals surface area contributed by atoms with Crippen LogP contribution in [0.15, 0.2) is 42.5 Å². The molecule has 0 spiro atoms. The van der Waals surface area contributed by atoms with E-state index in [2.05, 4.69) is 22.2 Å². The quantitative estimate of drug-likeness (QED) is 0.430. The molecule has 0 radical (unpaired) electrons. The van der Waals surface area contributed by atoms with Crippen LogP contribution in [-0.2, 0) is 9.53 Å². The summed E-state index contributed by atoms with van der Waals surface area (Å²) in [7, 11) is 1.52. The molecule has 1 N–H and O–H groups in total. The minimum atomic E-state index is -0.381. The number of terminal acetylenes is 1. The van der Waals surface area contributed by atoms with Gasteiger partial charge >= 0.3 is 0 Å². The summed E-state index contributed by atoms with van der Waals surface area (Å²) in [6.07, 6.45) is 8.33. The molecule has 8 nitrogen and oxygen atoms in total. The molecule has 8 heteroatoms. The van der Waals surface area contributed by atoms with Crippen molar-refractivity contribution in [1.82, 2.24) is 4.90 Å². The molecule has 2 aromatic carbocycles. The molecule has 0 atom stereocenters. The molecule has 1 saturated heterocycles. The van der Waals surface area contributed by atoms with Crippen LogP contribution in [0.25, 0.3) is 6.08 Å². The molecule has 1 aliphatic rings. The smallest absolute Gasteiger partial charge is 0.248 e. The number of nitriles is 1. The lowest BCUT2D eigenvalue weighted by Gasteiger charge is -2.26. The second kappa shape index (κ2) is 12.9. The summed E-state index contributed by atoms with van der Waals surface area (Å²) in [5.41, 5.74) is 1.46. The van der Waals surface area contributed by atoms with Crippen LogP contribution >= 0.6 is 0 Å². The van der Waals surface area contributed by atoms with E-state index in [0.29, 0.717) is 53.9 Å². The van der Waals surface area contributed by atoms with Gasteiger partial charge in [-0.15, -0.1) is 6.42 Å². The first-order chi connectivity index (χ1) is 16.7. The fraction of sp³-hybridized carbons (Fsp3) is 0.308. The number of morpholine rings is 1. The maximum Gasteiger partial charge on any atom is 0.248 e. The van der Waals surface area contributed by atoms with Crippen molar-refractivity contribution in [3.05, 3.63) is 53.6 Å². The summed E-state index contributed by atoms with van der Waals surface area (Å²) < 4.78 is 22.7. The number of methoxy groups -OCH3 is 1. The first-order valence-electron chi connectivity index (χ1n) is 10.8. The van der Waals surface area contributed by atoms with E-state index in [1.54, 1.807) is 42.5 Å². The second-order valence-electron chi connectivity index (χ2n) is 7.29. The number of rotatable bonds is 10. The van der Waals surface area contributed by atoms with Crippen LogP contribution in [0.5, 0.6) is 17.2 Å². The number of nitrogens with zero attached hydrogens (tertiary/aromatic N) is 2. The Labute approximate surface area is 199 Å². The van der Waals surface area contributed by atoms with Gasteiger partial charge in [0.25, 0.3) is 0 Å². The lowest BCUT2D eigenvalue weighted by Crippen LogP contribution is -2.38. The zero-order valence-corrected chi connectivity index (χ0v) is 19.1. The molecule has 0 unspecified atom stereocenters. The summed E-state index contributed by atoms with van der Waals surface area (Å²) in [5.74, 6) is 3.35. The van der Waals surface area contributed by atoms with E-state index in [9.17, 15) is 10.1 Å². The van der Waals surface area contributed by atoms with Crippen molar-refractivity contribution in [2.24, 2.45) is 0 Å². The molecule has 0 saturated carbocycles. The van der Waals surface area contributed by atoms with E-state index in [4.69, 9.17) is 25.4 Å². The molecule has 1 fully saturated rings. The van der Waals surface area contributed by atoms with Gasteiger partial charge in [-0.2, -0.15) is 5.26 Å². The fourth-order valence-corrected chi connectivity index (χ4v) is 3.40. The van der Waals surface area contributed by atoms with Gasteiger partial charge in [0.1, 0.15) is 19.3 Å². The third-order valence-corrected chi connectivity index (χ3v) is 5.10. The van der Waals surface area contributed by atoms with Crippen molar-refractivity contribution in [3.63, 3.8) is 0 Å². The lowest BCUT2D eigenvalue weighted by atomic mass is 10.1. The molecule has 0 aromatic heterocycles. The highest BCUT2D eigenvalue weighted by Crippen LogP contribution is 2.40. The Bertz CT molecular complexity index is 1090. The Morgan fingerprint density at radius 3 is 2.74 bits per heavy atom. The van der Waals surface area contributed by atoms with E-state index >= 15 is 0 Å². The molecule has 1 aliphatic heterocycles. The SMILES string of the molecule is C#CCOc1ccc(/C=C/C(=O)Nc2ccccc2C#N)c(OCCN2CCOCC2)c1OC. The first-order valence-corrected chi connectivity index (χ1v) is 10.8. The monoisotopic (exact) mass is 461 g/mol. The highest BCUT2D eigenvalue weighted by atomic mass is 16.5. The third-order valence-electron chi connectivity index (χ3n) is 5.10. The maximum absolute atomic E-state index is 12.5. The zero-order valence-electron chi connectivity index (χ0n) is 19.1. The summed E-state index contributed by atoms with van der Waals surface area (Å²) in [4.78, 5) is 14.8. The van der Waals surface area contributed by atoms with Crippen LogP contribution in [0.2, 0.25) is 0 Å². The number of ether oxygens (including phenoxy) is 4. The average Bonchev–Trinajstić information content (AvgIpc) is 2.87. The van der Waals surface area contributed by atoms with Gasteiger partial charge in [0, 0.05) is 31.3 Å². The van der Waals surface area contributed by atoms with Crippen LogP contribution in [0, 0.1) is 23.7 Å². The predicted octanol–water partition coefficient (Wildman–Crippen LogP) is 2.94. The third kappa shape index (κ3) is 6.76. The zero-order chi connectivity index (χ0) is 24.2. The minimum absolute atomic E-state index is 0.0828. The highest BCUT2D eigenvalue weighted by molar-refractivity contribution is 6.02. The topological polar surface area (TPSA) is 93.0 Å². The Morgan fingerprint density at radius 2 is 2.00 bits per heavy atom. The van der Waals surface area contributed by atoms with Gasteiger partial charge in [-0.3, -0.25) is 9.69 Å². The van der Waals surface area contributed by atoms with E-state index in [1.807, 2.05) is 0 Å². The summed E-state index contributed by atoms with van der Waals surface area (Å²) in [6.45, 7) is 4.33. The van der Waals surface area contributed by atoms with Crippen molar-refractivity contribution >= 4 is 17.7 Å². The average molecular weight is 462 g/mol. The summed E-state index contributed by atoms with van der Waals surface area (Å²) >= 11 is 0. The number of carbonyl (C=O) groups is 1. The lowest BCUT2D eigenvalue weighted by molar-refractivity contribution is -0.111. The number of para-hydroxylation sites is 1. The largest absolute Gasteiger partial charge is 0.490 e. The molecule has 176 valence electrons. The summed E-state index contributed by atoms with van der Waals surface area (Å²) in [5, 5.41) is 11.9. The van der Waals surface area contributed by atoms with Gasteiger partial charge in [-0.05, 0) is 30.3 Å². The van der Waals surface area contributed by atoms with Crippen molar-refractivity contribution in [3.8, 4) is 35.7 Å². The normalized spacial score (nSPS) is 13.6. The number of nitrogens with one attached hydrogen (secondary N) is 1. The molecular formula is C26H27N3O5. The fourth-order valence-electron chi connectivity index (χ4n) is 3.40. The van der Waals surface area contributed by atoms with Crippen molar-refractivity contribution in [2.45, 2.75) is 0 Å². The van der Waals surface area contributed by atoms with E-state index in [1.165, 1.54) is 13.2 Å². The summed E-state index contributed by atoms with van der Waals surface area (Å²) in [6, 6.07) is 12.3. The van der Waals surface area contributed by atoms with E-state index < -0.39 is 0 Å². The Balaban J connectivity index is 1.79. The second-order valence-corrected chi connectivity index (χ2v) is 7.29. The van der Waals surface area contributed by atoms with Gasteiger partial charge in [-0.1, -0.05) is 18.1 Å². The molecule has 1 heterocycles. The number of hydrogen-bond acceptors (Lipinski definition) is 7. The van der Waals surface area contributed by atoms with Crippen LogP contribution in [0.4, 0.5) is 5.69 Å². The van der Waals surface area contributed by atoms with Crippen LogP contribution < -0.4 is 19.5 Å².